The maximum absolute atomic E-state index is 12.7. The molecule has 0 radical (unpaired) electrons. The van der Waals surface area contributed by atoms with Gasteiger partial charge in [0.05, 0.1) is 26.2 Å². The molecule has 0 saturated heterocycles. The minimum Gasteiger partial charge on any atom is -0.493 e. The minimum atomic E-state index is -0.646. The van der Waals surface area contributed by atoms with E-state index in [1.54, 1.807) is 11.8 Å². The van der Waals surface area contributed by atoms with Crippen LogP contribution in [0.4, 0.5) is 0 Å². The zero-order valence-electron chi connectivity index (χ0n) is 14.9. The number of amides is 2. The first-order chi connectivity index (χ1) is 11.9. The summed E-state index contributed by atoms with van der Waals surface area (Å²) in [4.78, 5) is 25.2. The predicted molar refractivity (Wildman–Crippen MR) is 90.6 cm³/mol. The summed E-state index contributed by atoms with van der Waals surface area (Å²) in [5.41, 5.74) is 5.41. The number of nitriles is 1. The Morgan fingerprint density at radius 3 is 2.24 bits per heavy atom. The highest BCUT2D eigenvalue weighted by Crippen LogP contribution is 2.38. The Hall–Kier alpha value is -2.95. The number of nitrogens with zero attached hydrogens (tertiary/aromatic N) is 2. The van der Waals surface area contributed by atoms with Gasteiger partial charge in [0.25, 0.3) is 11.8 Å². The monoisotopic (exact) mass is 349 g/mol. The van der Waals surface area contributed by atoms with E-state index in [4.69, 9.17) is 25.2 Å². The Balaban J connectivity index is 3.21. The molecule has 0 unspecified atom stereocenters. The first-order valence-corrected chi connectivity index (χ1v) is 7.73. The largest absolute Gasteiger partial charge is 0.493 e. The molecule has 0 aliphatic carbocycles. The van der Waals surface area contributed by atoms with Crippen LogP contribution in [0.1, 0.15) is 24.2 Å². The molecule has 0 fully saturated rings. The number of hydrogen-bond donors (Lipinski definition) is 1. The van der Waals surface area contributed by atoms with Crippen molar-refractivity contribution in [1.29, 1.82) is 5.26 Å². The molecule has 1 aromatic carbocycles. The first-order valence-electron chi connectivity index (χ1n) is 7.73. The van der Waals surface area contributed by atoms with Gasteiger partial charge in [-0.25, -0.2) is 0 Å². The van der Waals surface area contributed by atoms with Gasteiger partial charge < -0.3 is 24.8 Å². The van der Waals surface area contributed by atoms with Crippen molar-refractivity contribution in [2.45, 2.75) is 13.8 Å². The van der Waals surface area contributed by atoms with Crippen LogP contribution >= 0.6 is 0 Å². The third kappa shape index (κ3) is 5.28. The van der Waals surface area contributed by atoms with E-state index in [1.807, 2.05) is 6.92 Å². The minimum absolute atomic E-state index is 0.189. The van der Waals surface area contributed by atoms with Gasteiger partial charge in [0.15, 0.2) is 18.1 Å². The van der Waals surface area contributed by atoms with E-state index < -0.39 is 5.91 Å². The summed E-state index contributed by atoms with van der Waals surface area (Å²) in [5.74, 6) is -0.518. The lowest BCUT2D eigenvalue weighted by atomic mass is 10.1. The summed E-state index contributed by atoms with van der Waals surface area (Å²) < 4.78 is 15.8. The Kier molecular flexibility index (Phi) is 7.53. The molecular formula is C17H23N3O5. The fourth-order valence-corrected chi connectivity index (χ4v) is 2.20. The fourth-order valence-electron chi connectivity index (χ4n) is 2.20. The van der Waals surface area contributed by atoms with Crippen molar-refractivity contribution in [2.75, 3.05) is 33.9 Å². The molecule has 2 amide bonds. The van der Waals surface area contributed by atoms with Gasteiger partial charge in [-0.2, -0.15) is 5.26 Å². The third-order valence-electron chi connectivity index (χ3n) is 3.45. The Labute approximate surface area is 147 Å². The Morgan fingerprint density at radius 1 is 1.28 bits per heavy atom. The molecule has 0 bridgehead atoms. The summed E-state index contributed by atoms with van der Waals surface area (Å²) in [6, 6.07) is 5.11. The zero-order valence-corrected chi connectivity index (χ0v) is 14.9. The summed E-state index contributed by atoms with van der Waals surface area (Å²) in [6.45, 7) is 4.01. The lowest BCUT2D eigenvalue weighted by Crippen LogP contribution is -2.34. The van der Waals surface area contributed by atoms with Crippen molar-refractivity contribution in [3.05, 3.63) is 17.7 Å². The molecule has 8 heteroatoms. The van der Waals surface area contributed by atoms with Crippen LogP contribution in [0.5, 0.6) is 17.2 Å². The van der Waals surface area contributed by atoms with Crippen molar-refractivity contribution < 1.29 is 23.8 Å². The summed E-state index contributed by atoms with van der Waals surface area (Å²) in [5, 5.41) is 8.95. The quantitative estimate of drug-likeness (QED) is 0.716. The van der Waals surface area contributed by atoms with E-state index >= 15 is 0 Å². The molecule has 0 aliphatic rings. The van der Waals surface area contributed by atoms with Gasteiger partial charge in [-0.1, -0.05) is 0 Å². The predicted octanol–water partition coefficient (Wildman–Crippen LogP) is 1.19. The highest BCUT2D eigenvalue weighted by molar-refractivity contribution is 5.95. The number of carbonyl (C=O) groups excluding carboxylic acids is 2. The van der Waals surface area contributed by atoms with Gasteiger partial charge in [-0.15, -0.1) is 0 Å². The van der Waals surface area contributed by atoms with Crippen molar-refractivity contribution in [3.8, 4) is 23.3 Å². The highest BCUT2D eigenvalue weighted by Gasteiger charge is 2.22. The van der Waals surface area contributed by atoms with Crippen LogP contribution in [0.15, 0.2) is 12.1 Å². The van der Waals surface area contributed by atoms with Crippen LogP contribution in [0.25, 0.3) is 0 Å². The van der Waals surface area contributed by atoms with Crippen LogP contribution in [0.2, 0.25) is 0 Å². The summed E-state index contributed by atoms with van der Waals surface area (Å²) in [7, 11) is 2.82. The molecule has 1 aromatic rings. The Morgan fingerprint density at radius 2 is 1.84 bits per heavy atom. The molecule has 0 saturated carbocycles. The van der Waals surface area contributed by atoms with Crippen LogP contribution < -0.4 is 19.9 Å². The van der Waals surface area contributed by atoms with Gasteiger partial charge in [0.2, 0.25) is 5.75 Å². The smallest absolute Gasteiger partial charge is 0.255 e. The average Bonchev–Trinajstić information content (AvgIpc) is 2.62. The first kappa shape index (κ1) is 20.1. The Bertz CT molecular complexity index is 644. The van der Waals surface area contributed by atoms with Crippen LogP contribution in [-0.2, 0) is 4.79 Å². The number of ether oxygens (including phenoxy) is 3. The molecule has 0 aliphatic heterocycles. The molecular weight excluding hydrogens is 326 g/mol. The number of carbonyl (C=O) groups is 2. The van der Waals surface area contributed by atoms with Gasteiger partial charge in [-0.3, -0.25) is 9.59 Å². The molecule has 0 aromatic heterocycles. The van der Waals surface area contributed by atoms with Crippen molar-refractivity contribution in [1.82, 2.24) is 4.90 Å². The van der Waals surface area contributed by atoms with Crippen LogP contribution in [-0.4, -0.2) is 50.6 Å². The second-order valence-electron chi connectivity index (χ2n) is 5.34. The van der Waals surface area contributed by atoms with E-state index in [2.05, 4.69) is 6.07 Å². The number of nitrogens with two attached hydrogens (primary N) is 1. The molecule has 1 rings (SSSR count). The second-order valence-corrected chi connectivity index (χ2v) is 5.34. The summed E-state index contributed by atoms with van der Waals surface area (Å²) in [6.07, 6.45) is 0. The van der Waals surface area contributed by atoms with Crippen molar-refractivity contribution in [2.24, 2.45) is 11.7 Å². The molecule has 136 valence electrons. The van der Waals surface area contributed by atoms with Crippen molar-refractivity contribution >= 4 is 11.8 Å². The fraction of sp³-hybridized carbons (Fsp3) is 0.471. The normalized spacial score (nSPS) is 11.2. The average molecular weight is 349 g/mol. The maximum Gasteiger partial charge on any atom is 0.255 e. The molecule has 0 heterocycles. The maximum atomic E-state index is 12.7. The van der Waals surface area contributed by atoms with E-state index in [0.29, 0.717) is 18.7 Å². The summed E-state index contributed by atoms with van der Waals surface area (Å²) >= 11 is 0. The van der Waals surface area contributed by atoms with E-state index in [-0.39, 0.29) is 35.7 Å². The van der Waals surface area contributed by atoms with Gasteiger partial charge in [-0.05, 0) is 26.0 Å². The van der Waals surface area contributed by atoms with E-state index in [0.717, 1.165) is 0 Å². The molecule has 25 heavy (non-hydrogen) atoms. The van der Waals surface area contributed by atoms with Crippen molar-refractivity contribution in [3.63, 3.8) is 0 Å². The lowest BCUT2D eigenvalue weighted by Gasteiger charge is -2.23. The number of benzene rings is 1. The highest BCUT2D eigenvalue weighted by atomic mass is 16.5. The van der Waals surface area contributed by atoms with Gasteiger partial charge >= 0.3 is 0 Å². The second kappa shape index (κ2) is 9.37. The van der Waals surface area contributed by atoms with Gasteiger partial charge in [0.1, 0.15) is 0 Å². The number of primary amides is 1. The zero-order chi connectivity index (χ0) is 19.0. The van der Waals surface area contributed by atoms with Crippen LogP contribution in [0, 0.1) is 17.2 Å². The van der Waals surface area contributed by atoms with E-state index in [1.165, 1.54) is 26.4 Å². The molecule has 0 spiro atoms. The SMILES string of the molecule is CCN(C[C@H](C)C#N)C(=O)c1cc(OC)c(OCC(N)=O)c(OC)c1. The number of rotatable bonds is 9. The number of hydrogen-bond acceptors (Lipinski definition) is 6. The van der Waals surface area contributed by atoms with Gasteiger partial charge in [0, 0.05) is 18.7 Å². The van der Waals surface area contributed by atoms with Crippen LogP contribution in [0.3, 0.4) is 0 Å². The molecule has 2 N–H and O–H groups in total. The van der Waals surface area contributed by atoms with E-state index in [9.17, 15) is 9.59 Å². The topological polar surface area (TPSA) is 115 Å². The standard InChI is InChI=1S/C17H23N3O5/c1-5-20(9-11(2)8-18)17(22)12-6-13(23-3)16(14(7-12)24-4)25-10-15(19)21/h6-7,11H,5,9-10H2,1-4H3,(H2,19,21)/t11-/m1/s1. The lowest BCUT2D eigenvalue weighted by molar-refractivity contribution is -0.120. The molecule has 8 nitrogen and oxygen atoms in total. The third-order valence-corrected chi connectivity index (χ3v) is 3.45. The number of methoxy groups -OCH3 is 2. The molecule has 1 atom stereocenters.